The maximum Gasteiger partial charge on any atom is 0.242 e. The topological polar surface area (TPSA) is 101 Å². The number of amides is 1. The number of aromatic nitrogens is 2. The van der Waals surface area contributed by atoms with Gasteiger partial charge in [-0.25, -0.2) is 13.1 Å². The van der Waals surface area contributed by atoms with Crippen molar-refractivity contribution in [2.24, 2.45) is 11.8 Å². The molecule has 1 heterocycles. The normalized spacial score (nSPS) is 19.3. The van der Waals surface area contributed by atoms with E-state index >= 15 is 0 Å². The third-order valence-corrected chi connectivity index (χ3v) is 8.16. The minimum atomic E-state index is -3.66. The van der Waals surface area contributed by atoms with Gasteiger partial charge in [0.25, 0.3) is 0 Å². The van der Waals surface area contributed by atoms with Crippen molar-refractivity contribution in [1.29, 1.82) is 0 Å². The SMILES string of the molecule is CC(C)c1ccc(NC(=O)C2CCC(CNS(=O)(=O)c3cccc4nsnc34)CC2)cc1. The Balaban J connectivity index is 1.28. The Hall–Kier alpha value is -2.36. The maximum absolute atomic E-state index is 12.8. The highest BCUT2D eigenvalue weighted by molar-refractivity contribution is 7.89. The molecular weight excluding hydrogens is 444 g/mol. The van der Waals surface area contributed by atoms with E-state index in [2.05, 4.69) is 32.6 Å². The number of fused-ring (bicyclic) bond motifs is 1. The molecule has 7 nitrogen and oxygen atoms in total. The van der Waals surface area contributed by atoms with E-state index in [4.69, 9.17) is 0 Å². The fraction of sp³-hybridized carbons (Fsp3) is 0.435. The summed E-state index contributed by atoms with van der Waals surface area (Å²) in [7, 11) is -3.66. The van der Waals surface area contributed by atoms with Gasteiger partial charge in [-0.05, 0) is 67.3 Å². The van der Waals surface area contributed by atoms with Crippen LogP contribution in [0.25, 0.3) is 11.0 Å². The van der Waals surface area contributed by atoms with E-state index < -0.39 is 10.0 Å². The molecule has 0 saturated heterocycles. The third kappa shape index (κ3) is 5.16. The lowest BCUT2D eigenvalue weighted by Crippen LogP contribution is -2.33. The maximum atomic E-state index is 12.8. The largest absolute Gasteiger partial charge is 0.326 e. The number of nitrogens with zero attached hydrogens (tertiary/aromatic N) is 2. The average molecular weight is 473 g/mol. The minimum Gasteiger partial charge on any atom is -0.326 e. The van der Waals surface area contributed by atoms with E-state index in [1.807, 2.05) is 24.3 Å². The average Bonchev–Trinajstić information content (AvgIpc) is 3.27. The number of nitrogens with one attached hydrogen (secondary N) is 2. The second-order valence-corrected chi connectivity index (χ2v) is 11.0. The van der Waals surface area contributed by atoms with Crippen molar-refractivity contribution in [1.82, 2.24) is 13.5 Å². The molecule has 0 unspecified atom stereocenters. The van der Waals surface area contributed by atoms with Gasteiger partial charge in [0.05, 0.1) is 11.7 Å². The van der Waals surface area contributed by atoms with Crippen LogP contribution in [0, 0.1) is 11.8 Å². The first-order valence-electron chi connectivity index (χ1n) is 11.0. The number of rotatable bonds is 7. The third-order valence-electron chi connectivity index (χ3n) is 6.16. The molecule has 1 amide bonds. The molecule has 0 radical (unpaired) electrons. The lowest BCUT2D eigenvalue weighted by Gasteiger charge is -2.28. The summed E-state index contributed by atoms with van der Waals surface area (Å²) in [4.78, 5) is 12.8. The van der Waals surface area contributed by atoms with Crippen LogP contribution in [0.1, 0.15) is 51.0 Å². The summed E-state index contributed by atoms with van der Waals surface area (Å²) in [6, 6.07) is 13.0. The number of hydrogen-bond donors (Lipinski definition) is 2. The Labute approximate surface area is 193 Å². The minimum absolute atomic E-state index is 0.0394. The fourth-order valence-electron chi connectivity index (χ4n) is 4.13. The van der Waals surface area contributed by atoms with Gasteiger partial charge < -0.3 is 5.32 Å². The van der Waals surface area contributed by atoms with Gasteiger partial charge in [-0.15, -0.1) is 0 Å². The molecule has 1 fully saturated rings. The Kier molecular flexibility index (Phi) is 6.88. The van der Waals surface area contributed by atoms with Gasteiger partial charge >= 0.3 is 0 Å². The Morgan fingerprint density at radius 1 is 1.06 bits per heavy atom. The van der Waals surface area contributed by atoms with Crippen LogP contribution in [0.5, 0.6) is 0 Å². The van der Waals surface area contributed by atoms with Crippen LogP contribution < -0.4 is 10.0 Å². The van der Waals surface area contributed by atoms with Gasteiger partial charge in [0, 0.05) is 18.2 Å². The van der Waals surface area contributed by atoms with Gasteiger partial charge in [-0.2, -0.15) is 8.75 Å². The number of anilines is 1. The van der Waals surface area contributed by atoms with Crippen LogP contribution in [0.4, 0.5) is 5.69 Å². The molecular formula is C23H28N4O3S2. The molecule has 2 N–H and O–H groups in total. The van der Waals surface area contributed by atoms with Gasteiger partial charge in [0.2, 0.25) is 15.9 Å². The van der Waals surface area contributed by atoms with E-state index in [0.29, 0.717) is 23.5 Å². The Morgan fingerprint density at radius 2 is 1.78 bits per heavy atom. The standard InChI is InChI=1S/C23H28N4O3S2/c1-15(2)17-10-12-19(13-11-17)25-23(28)18-8-6-16(7-9-18)14-24-32(29,30)21-5-3-4-20-22(21)27-31-26-20/h3-5,10-13,15-16,18,24H,6-9,14H2,1-2H3,(H,25,28). The van der Waals surface area contributed by atoms with E-state index in [9.17, 15) is 13.2 Å². The summed E-state index contributed by atoms with van der Waals surface area (Å²) in [6.45, 7) is 4.65. The van der Waals surface area contributed by atoms with Crippen LogP contribution in [0.2, 0.25) is 0 Å². The summed E-state index contributed by atoms with van der Waals surface area (Å²) < 4.78 is 36.5. The molecule has 9 heteroatoms. The number of benzene rings is 2. The number of hydrogen-bond acceptors (Lipinski definition) is 6. The van der Waals surface area contributed by atoms with Crippen LogP contribution >= 0.6 is 11.7 Å². The van der Waals surface area contributed by atoms with Crippen LogP contribution in [0.3, 0.4) is 0 Å². The molecule has 1 aliphatic carbocycles. The number of carbonyl (C=O) groups is 1. The highest BCUT2D eigenvalue weighted by atomic mass is 32.2. The van der Waals surface area contributed by atoms with Gasteiger partial charge in [0.15, 0.2) is 0 Å². The summed E-state index contributed by atoms with van der Waals surface area (Å²) in [5.41, 5.74) is 3.06. The van der Waals surface area contributed by atoms with Crippen LogP contribution in [-0.2, 0) is 14.8 Å². The van der Waals surface area contributed by atoms with Crippen molar-refractivity contribution in [3.05, 3.63) is 48.0 Å². The fourth-order valence-corrected chi connectivity index (χ4v) is 6.01. The van der Waals surface area contributed by atoms with E-state index in [1.165, 1.54) is 5.56 Å². The second kappa shape index (κ2) is 9.64. The molecule has 1 aromatic heterocycles. The quantitative estimate of drug-likeness (QED) is 0.526. The van der Waals surface area contributed by atoms with E-state index in [0.717, 1.165) is 43.1 Å². The highest BCUT2D eigenvalue weighted by Gasteiger charge is 2.28. The molecule has 2 aromatic carbocycles. The van der Waals surface area contributed by atoms with Crippen molar-refractivity contribution in [3.63, 3.8) is 0 Å². The first kappa shape index (κ1) is 22.8. The zero-order valence-corrected chi connectivity index (χ0v) is 19.9. The zero-order valence-electron chi connectivity index (χ0n) is 18.2. The molecule has 3 aromatic rings. The molecule has 0 atom stereocenters. The molecule has 4 rings (SSSR count). The Morgan fingerprint density at radius 3 is 2.47 bits per heavy atom. The highest BCUT2D eigenvalue weighted by Crippen LogP contribution is 2.30. The number of carbonyl (C=O) groups excluding carboxylic acids is 1. The molecule has 0 bridgehead atoms. The second-order valence-electron chi connectivity index (χ2n) is 8.72. The predicted molar refractivity (Wildman–Crippen MR) is 127 cm³/mol. The summed E-state index contributed by atoms with van der Waals surface area (Å²) in [6.07, 6.45) is 3.15. The van der Waals surface area contributed by atoms with Crippen molar-refractivity contribution in [3.8, 4) is 0 Å². The monoisotopic (exact) mass is 472 g/mol. The first-order valence-corrected chi connectivity index (χ1v) is 13.2. The van der Waals surface area contributed by atoms with Crippen molar-refractivity contribution < 1.29 is 13.2 Å². The van der Waals surface area contributed by atoms with Crippen LogP contribution in [-0.4, -0.2) is 29.6 Å². The van der Waals surface area contributed by atoms with Gasteiger partial charge in [-0.3, -0.25) is 4.79 Å². The van der Waals surface area contributed by atoms with Gasteiger partial charge in [-0.1, -0.05) is 32.0 Å². The van der Waals surface area contributed by atoms with Crippen molar-refractivity contribution >= 4 is 44.4 Å². The molecule has 32 heavy (non-hydrogen) atoms. The molecule has 170 valence electrons. The van der Waals surface area contributed by atoms with Gasteiger partial charge in [0.1, 0.15) is 15.9 Å². The molecule has 0 aliphatic heterocycles. The van der Waals surface area contributed by atoms with Crippen molar-refractivity contribution in [2.75, 3.05) is 11.9 Å². The Bertz CT molecular complexity index is 1180. The van der Waals surface area contributed by atoms with Crippen LogP contribution in [0.15, 0.2) is 47.4 Å². The summed E-state index contributed by atoms with van der Waals surface area (Å²) in [5, 5.41) is 3.02. The summed E-state index contributed by atoms with van der Waals surface area (Å²) >= 11 is 1.00. The smallest absolute Gasteiger partial charge is 0.242 e. The van der Waals surface area contributed by atoms with E-state index in [1.54, 1.807) is 18.2 Å². The summed E-state index contributed by atoms with van der Waals surface area (Å²) in [5.74, 6) is 0.678. The predicted octanol–water partition coefficient (Wildman–Crippen LogP) is 4.54. The lowest BCUT2D eigenvalue weighted by molar-refractivity contribution is -0.121. The first-order chi connectivity index (χ1) is 15.3. The number of sulfonamides is 1. The van der Waals surface area contributed by atoms with Crippen molar-refractivity contribution in [2.45, 2.75) is 50.3 Å². The molecule has 1 aliphatic rings. The zero-order chi connectivity index (χ0) is 22.7. The van der Waals surface area contributed by atoms with E-state index in [-0.39, 0.29) is 22.6 Å². The lowest BCUT2D eigenvalue weighted by atomic mass is 9.81. The molecule has 0 spiro atoms. The molecule has 1 saturated carbocycles.